The van der Waals surface area contributed by atoms with Crippen LogP contribution in [0.25, 0.3) is 0 Å². The van der Waals surface area contributed by atoms with Crippen LogP contribution in [0.2, 0.25) is 15.1 Å². The monoisotopic (exact) mass is 339 g/mol. The molecule has 108 valence electrons. The van der Waals surface area contributed by atoms with Gasteiger partial charge in [-0.05, 0) is 42.0 Å². The number of rotatable bonds is 2. The average Bonchev–Trinajstić information content (AvgIpc) is 2.82. The molecule has 21 heavy (non-hydrogen) atoms. The summed E-state index contributed by atoms with van der Waals surface area (Å²) in [6.45, 7) is 0.551. The van der Waals surface area contributed by atoms with Crippen molar-refractivity contribution in [1.82, 2.24) is 0 Å². The second-order valence-electron chi connectivity index (χ2n) is 4.73. The van der Waals surface area contributed by atoms with Gasteiger partial charge in [0.2, 0.25) is 0 Å². The number of nitrogens with zero attached hydrogens (tertiary/aromatic N) is 2. The number of hydrogen-bond acceptors (Lipinski definition) is 3. The van der Waals surface area contributed by atoms with E-state index in [0.717, 1.165) is 11.3 Å². The van der Waals surface area contributed by atoms with Crippen LogP contribution in [0.15, 0.2) is 47.5 Å². The Hall–Kier alpha value is -1.42. The third-order valence-corrected chi connectivity index (χ3v) is 4.23. The Balaban J connectivity index is 2.00. The Morgan fingerprint density at radius 3 is 2.33 bits per heavy atom. The molecule has 0 radical (unpaired) electrons. The number of guanidine groups is 1. The summed E-state index contributed by atoms with van der Waals surface area (Å²) in [6.07, 6.45) is 0. The molecule has 1 unspecified atom stereocenters. The molecule has 1 aliphatic rings. The Morgan fingerprint density at radius 2 is 1.67 bits per heavy atom. The number of anilines is 1. The first kappa shape index (κ1) is 14.5. The van der Waals surface area contributed by atoms with Gasteiger partial charge in [0, 0.05) is 20.8 Å². The van der Waals surface area contributed by atoms with E-state index in [4.69, 9.17) is 40.5 Å². The number of benzene rings is 2. The van der Waals surface area contributed by atoms with Crippen molar-refractivity contribution < 1.29 is 0 Å². The summed E-state index contributed by atoms with van der Waals surface area (Å²) >= 11 is 18.2. The molecule has 0 fully saturated rings. The minimum Gasteiger partial charge on any atom is -0.369 e. The van der Waals surface area contributed by atoms with Crippen LogP contribution in [-0.4, -0.2) is 12.5 Å². The molecule has 1 heterocycles. The van der Waals surface area contributed by atoms with Gasteiger partial charge in [-0.15, -0.1) is 0 Å². The van der Waals surface area contributed by atoms with E-state index in [-0.39, 0.29) is 6.04 Å². The molecule has 0 saturated heterocycles. The highest BCUT2D eigenvalue weighted by molar-refractivity contribution is 6.35. The molecule has 0 saturated carbocycles. The molecule has 3 nitrogen and oxygen atoms in total. The molecular formula is C15H12Cl3N3. The second kappa shape index (κ2) is 5.76. The lowest BCUT2D eigenvalue weighted by Gasteiger charge is -2.27. The average molecular weight is 341 g/mol. The summed E-state index contributed by atoms with van der Waals surface area (Å²) in [7, 11) is 0. The van der Waals surface area contributed by atoms with Gasteiger partial charge >= 0.3 is 0 Å². The summed E-state index contributed by atoms with van der Waals surface area (Å²) in [5.74, 6) is 0.466. The minimum atomic E-state index is -0.0454. The SMILES string of the molecule is NC1=NCC(c2ccc(Cl)cc2Cl)N1c1ccc(Cl)cc1. The summed E-state index contributed by atoms with van der Waals surface area (Å²) in [5.41, 5.74) is 7.90. The molecule has 6 heteroatoms. The fraction of sp³-hybridized carbons (Fsp3) is 0.133. The van der Waals surface area contributed by atoms with Crippen molar-refractivity contribution in [1.29, 1.82) is 0 Å². The van der Waals surface area contributed by atoms with Crippen molar-refractivity contribution in [3.63, 3.8) is 0 Å². The molecule has 1 aliphatic heterocycles. The van der Waals surface area contributed by atoms with E-state index in [1.54, 1.807) is 6.07 Å². The van der Waals surface area contributed by atoms with Crippen LogP contribution in [0.3, 0.4) is 0 Å². The summed E-state index contributed by atoms with van der Waals surface area (Å²) in [4.78, 5) is 6.28. The topological polar surface area (TPSA) is 41.6 Å². The van der Waals surface area contributed by atoms with E-state index in [1.165, 1.54) is 0 Å². The third-order valence-electron chi connectivity index (χ3n) is 3.41. The molecule has 2 aromatic carbocycles. The molecule has 0 aromatic heterocycles. The molecule has 0 aliphatic carbocycles. The number of aliphatic imine (C=N–C) groups is 1. The first-order valence-corrected chi connectivity index (χ1v) is 7.49. The van der Waals surface area contributed by atoms with Crippen molar-refractivity contribution in [2.24, 2.45) is 10.7 Å². The quantitative estimate of drug-likeness (QED) is 0.873. The first-order chi connectivity index (χ1) is 10.1. The van der Waals surface area contributed by atoms with Gasteiger partial charge in [0.25, 0.3) is 0 Å². The molecule has 0 bridgehead atoms. The van der Waals surface area contributed by atoms with E-state index in [0.29, 0.717) is 27.6 Å². The van der Waals surface area contributed by atoms with E-state index in [2.05, 4.69) is 4.99 Å². The molecule has 1 atom stereocenters. The highest BCUT2D eigenvalue weighted by Gasteiger charge is 2.30. The van der Waals surface area contributed by atoms with Gasteiger partial charge < -0.3 is 10.6 Å². The van der Waals surface area contributed by atoms with Gasteiger partial charge in [-0.2, -0.15) is 0 Å². The van der Waals surface area contributed by atoms with Gasteiger partial charge in [-0.25, -0.2) is 0 Å². The fourth-order valence-electron chi connectivity index (χ4n) is 2.42. The lowest BCUT2D eigenvalue weighted by Crippen LogP contribution is -2.36. The molecular weight excluding hydrogens is 329 g/mol. The molecule has 3 rings (SSSR count). The lowest BCUT2D eigenvalue weighted by atomic mass is 10.1. The number of nitrogens with two attached hydrogens (primary N) is 1. The zero-order valence-electron chi connectivity index (χ0n) is 10.9. The lowest BCUT2D eigenvalue weighted by molar-refractivity contribution is 0.769. The van der Waals surface area contributed by atoms with E-state index < -0.39 is 0 Å². The van der Waals surface area contributed by atoms with Crippen molar-refractivity contribution in [2.45, 2.75) is 6.04 Å². The minimum absolute atomic E-state index is 0.0454. The number of halogens is 3. The first-order valence-electron chi connectivity index (χ1n) is 6.36. The maximum absolute atomic E-state index is 6.31. The molecule has 2 aromatic rings. The highest BCUT2D eigenvalue weighted by Crippen LogP contribution is 2.35. The van der Waals surface area contributed by atoms with Crippen LogP contribution in [-0.2, 0) is 0 Å². The van der Waals surface area contributed by atoms with Gasteiger partial charge in [0.05, 0.1) is 12.6 Å². The predicted octanol–water partition coefficient (Wildman–Crippen LogP) is 4.52. The van der Waals surface area contributed by atoms with Crippen LogP contribution in [0.4, 0.5) is 5.69 Å². The van der Waals surface area contributed by atoms with Crippen molar-refractivity contribution in [2.75, 3.05) is 11.4 Å². The van der Waals surface area contributed by atoms with E-state index in [9.17, 15) is 0 Å². The fourth-order valence-corrected chi connectivity index (χ4v) is 3.08. The van der Waals surface area contributed by atoms with Crippen molar-refractivity contribution >= 4 is 46.4 Å². The standard InChI is InChI=1S/C15H12Cl3N3/c16-9-1-4-11(5-2-9)21-14(8-20-15(21)19)12-6-3-10(17)7-13(12)18/h1-7,14H,8H2,(H2,19,20). The molecule has 0 amide bonds. The maximum Gasteiger partial charge on any atom is 0.196 e. The van der Waals surface area contributed by atoms with Crippen molar-refractivity contribution in [3.05, 3.63) is 63.1 Å². The molecule has 0 spiro atoms. The Morgan fingerprint density at radius 1 is 1.00 bits per heavy atom. The zero-order valence-corrected chi connectivity index (χ0v) is 13.2. The zero-order chi connectivity index (χ0) is 15.0. The van der Waals surface area contributed by atoms with E-state index >= 15 is 0 Å². The Kier molecular flexibility index (Phi) is 3.98. The van der Waals surface area contributed by atoms with Crippen LogP contribution in [0, 0.1) is 0 Å². The van der Waals surface area contributed by atoms with Gasteiger partial charge in [-0.3, -0.25) is 4.99 Å². The normalized spacial score (nSPS) is 18.0. The van der Waals surface area contributed by atoms with Crippen molar-refractivity contribution in [3.8, 4) is 0 Å². The van der Waals surface area contributed by atoms with Crippen LogP contribution >= 0.6 is 34.8 Å². The van der Waals surface area contributed by atoms with E-state index in [1.807, 2.05) is 41.3 Å². The summed E-state index contributed by atoms with van der Waals surface area (Å²) < 4.78 is 0. The second-order valence-corrected chi connectivity index (χ2v) is 6.01. The Bertz CT molecular complexity index is 698. The van der Waals surface area contributed by atoms with Gasteiger partial charge in [-0.1, -0.05) is 40.9 Å². The predicted molar refractivity (Wildman–Crippen MR) is 89.6 cm³/mol. The van der Waals surface area contributed by atoms with Crippen LogP contribution < -0.4 is 10.6 Å². The van der Waals surface area contributed by atoms with Gasteiger partial charge in [0.15, 0.2) is 5.96 Å². The molecule has 2 N–H and O–H groups in total. The highest BCUT2D eigenvalue weighted by atomic mass is 35.5. The van der Waals surface area contributed by atoms with Crippen LogP contribution in [0.1, 0.15) is 11.6 Å². The van der Waals surface area contributed by atoms with Gasteiger partial charge in [0.1, 0.15) is 0 Å². The number of hydrogen-bond donors (Lipinski definition) is 1. The summed E-state index contributed by atoms with van der Waals surface area (Å²) in [6, 6.07) is 12.9. The maximum atomic E-state index is 6.31. The largest absolute Gasteiger partial charge is 0.369 e. The van der Waals surface area contributed by atoms with Crippen LogP contribution in [0.5, 0.6) is 0 Å². The summed E-state index contributed by atoms with van der Waals surface area (Å²) in [5, 5.41) is 1.89. The smallest absolute Gasteiger partial charge is 0.196 e. The third kappa shape index (κ3) is 2.82. The Labute approximate surface area is 137 Å².